The number of benzene rings is 1. The number of methoxy groups -OCH3 is 1. The van der Waals surface area contributed by atoms with Gasteiger partial charge in [-0.25, -0.2) is 4.39 Å². The quantitative estimate of drug-likeness (QED) is 0.828. The molecule has 0 heterocycles. The van der Waals surface area contributed by atoms with E-state index in [-0.39, 0.29) is 11.9 Å². The second-order valence-electron chi connectivity index (χ2n) is 4.23. The summed E-state index contributed by atoms with van der Waals surface area (Å²) in [5.41, 5.74) is 7.09. The summed E-state index contributed by atoms with van der Waals surface area (Å²) in [6, 6.07) is 5.22. The van der Waals surface area contributed by atoms with Gasteiger partial charge in [-0.3, -0.25) is 0 Å². The summed E-state index contributed by atoms with van der Waals surface area (Å²) in [6.45, 7) is 5.62. The molecule has 0 aliphatic carbocycles. The Kier molecular flexibility index (Phi) is 5.38. The van der Waals surface area contributed by atoms with E-state index in [1.165, 1.54) is 6.07 Å². The zero-order chi connectivity index (χ0) is 12.8. The van der Waals surface area contributed by atoms with Crippen LogP contribution in [0.4, 0.5) is 10.1 Å². The van der Waals surface area contributed by atoms with Gasteiger partial charge in [-0.15, -0.1) is 0 Å². The van der Waals surface area contributed by atoms with Gasteiger partial charge in [-0.05, 0) is 25.5 Å². The lowest BCUT2D eigenvalue weighted by atomic mass is 10.1. The maximum Gasteiger partial charge on any atom is 0.146 e. The average molecular weight is 240 g/mol. The van der Waals surface area contributed by atoms with Crippen molar-refractivity contribution in [2.45, 2.75) is 26.4 Å². The van der Waals surface area contributed by atoms with E-state index in [2.05, 4.69) is 0 Å². The third-order valence-electron chi connectivity index (χ3n) is 2.74. The van der Waals surface area contributed by atoms with Gasteiger partial charge in [-0.2, -0.15) is 0 Å². The molecular weight excluding hydrogens is 219 g/mol. The normalized spacial score (nSPS) is 10.9. The highest BCUT2D eigenvalue weighted by atomic mass is 19.1. The summed E-state index contributed by atoms with van der Waals surface area (Å²) in [5, 5.41) is 0. The first-order chi connectivity index (χ1) is 8.11. The molecule has 0 saturated carbocycles. The van der Waals surface area contributed by atoms with Crippen molar-refractivity contribution >= 4 is 5.69 Å². The van der Waals surface area contributed by atoms with Crippen LogP contribution in [0.25, 0.3) is 0 Å². The number of halogens is 1. The van der Waals surface area contributed by atoms with E-state index in [9.17, 15) is 4.39 Å². The van der Waals surface area contributed by atoms with Crippen molar-refractivity contribution in [3.05, 3.63) is 29.6 Å². The summed E-state index contributed by atoms with van der Waals surface area (Å²) < 4.78 is 19.0. The Balaban J connectivity index is 3.07. The van der Waals surface area contributed by atoms with Crippen LogP contribution in [0.3, 0.4) is 0 Å². The van der Waals surface area contributed by atoms with Crippen LogP contribution in [0.2, 0.25) is 0 Å². The number of rotatable bonds is 6. The number of nitrogens with two attached hydrogens (primary N) is 1. The summed E-state index contributed by atoms with van der Waals surface area (Å²) in [6.07, 6.45) is 0. The number of hydrogen-bond donors (Lipinski definition) is 1. The lowest BCUT2D eigenvalue weighted by Gasteiger charge is -2.30. The van der Waals surface area contributed by atoms with E-state index in [0.29, 0.717) is 25.4 Å². The minimum absolute atomic E-state index is 0.201. The number of hydrogen-bond acceptors (Lipinski definition) is 3. The maximum atomic E-state index is 13.9. The second-order valence-corrected chi connectivity index (χ2v) is 4.23. The molecule has 0 radical (unpaired) electrons. The Hall–Kier alpha value is -1.13. The van der Waals surface area contributed by atoms with Gasteiger partial charge < -0.3 is 15.4 Å². The molecule has 2 N–H and O–H groups in total. The minimum atomic E-state index is -0.224. The summed E-state index contributed by atoms with van der Waals surface area (Å²) in [5.74, 6) is -0.224. The lowest BCUT2D eigenvalue weighted by molar-refractivity contribution is 0.203. The van der Waals surface area contributed by atoms with E-state index < -0.39 is 0 Å². The van der Waals surface area contributed by atoms with Crippen LogP contribution >= 0.6 is 0 Å². The first-order valence-corrected chi connectivity index (χ1v) is 5.84. The van der Waals surface area contributed by atoms with Crippen molar-refractivity contribution in [2.75, 3.05) is 25.2 Å². The molecular formula is C13H21FN2O. The lowest BCUT2D eigenvalue weighted by Crippen LogP contribution is -2.35. The van der Waals surface area contributed by atoms with E-state index in [1.807, 2.05) is 24.8 Å². The molecule has 1 rings (SSSR count). The van der Waals surface area contributed by atoms with Crippen LogP contribution < -0.4 is 10.6 Å². The maximum absolute atomic E-state index is 13.9. The smallest absolute Gasteiger partial charge is 0.146 e. The summed E-state index contributed by atoms with van der Waals surface area (Å²) in [4.78, 5) is 1.99. The topological polar surface area (TPSA) is 38.5 Å². The van der Waals surface area contributed by atoms with E-state index in [0.717, 1.165) is 5.56 Å². The first-order valence-electron chi connectivity index (χ1n) is 5.84. The summed E-state index contributed by atoms with van der Waals surface area (Å²) >= 11 is 0. The third-order valence-corrected chi connectivity index (χ3v) is 2.74. The zero-order valence-corrected chi connectivity index (χ0v) is 10.7. The number of anilines is 1. The van der Waals surface area contributed by atoms with Gasteiger partial charge in [0, 0.05) is 26.2 Å². The Bertz CT molecular complexity index is 355. The highest BCUT2D eigenvalue weighted by molar-refractivity contribution is 5.55. The standard InChI is InChI=1S/C13H21FN2O/c1-10(2)16(7-8-17-3)13-11(9-15)5-4-6-12(13)14/h4-6,10H,7-9,15H2,1-3H3. The van der Waals surface area contributed by atoms with E-state index in [4.69, 9.17) is 10.5 Å². The molecule has 1 aromatic carbocycles. The second kappa shape index (κ2) is 6.57. The van der Waals surface area contributed by atoms with Crippen LogP contribution in [0.1, 0.15) is 19.4 Å². The van der Waals surface area contributed by atoms with Gasteiger partial charge in [-0.1, -0.05) is 12.1 Å². The van der Waals surface area contributed by atoms with Crippen LogP contribution in [0.5, 0.6) is 0 Å². The molecule has 0 spiro atoms. The van der Waals surface area contributed by atoms with Crippen LogP contribution in [0, 0.1) is 5.82 Å². The van der Waals surface area contributed by atoms with Gasteiger partial charge in [0.25, 0.3) is 0 Å². The predicted octanol–water partition coefficient (Wildman–Crippen LogP) is 2.15. The predicted molar refractivity (Wildman–Crippen MR) is 68.6 cm³/mol. The highest BCUT2D eigenvalue weighted by Crippen LogP contribution is 2.25. The van der Waals surface area contributed by atoms with Crippen molar-refractivity contribution in [1.82, 2.24) is 0 Å². The monoisotopic (exact) mass is 240 g/mol. The molecule has 17 heavy (non-hydrogen) atoms. The van der Waals surface area contributed by atoms with Crippen molar-refractivity contribution < 1.29 is 9.13 Å². The number of para-hydroxylation sites is 1. The van der Waals surface area contributed by atoms with Crippen molar-refractivity contribution in [1.29, 1.82) is 0 Å². The molecule has 0 bridgehead atoms. The molecule has 0 aliphatic rings. The van der Waals surface area contributed by atoms with E-state index in [1.54, 1.807) is 13.2 Å². The molecule has 96 valence electrons. The number of nitrogens with zero attached hydrogens (tertiary/aromatic N) is 1. The Morgan fingerprint density at radius 2 is 2.12 bits per heavy atom. The molecule has 3 nitrogen and oxygen atoms in total. The summed E-state index contributed by atoms with van der Waals surface area (Å²) in [7, 11) is 1.64. The first kappa shape index (κ1) is 13.9. The minimum Gasteiger partial charge on any atom is -0.383 e. The van der Waals surface area contributed by atoms with Crippen LogP contribution in [0.15, 0.2) is 18.2 Å². The zero-order valence-electron chi connectivity index (χ0n) is 10.7. The van der Waals surface area contributed by atoms with Crippen LogP contribution in [-0.4, -0.2) is 26.3 Å². The largest absolute Gasteiger partial charge is 0.383 e. The molecule has 0 atom stereocenters. The molecule has 0 unspecified atom stereocenters. The van der Waals surface area contributed by atoms with Gasteiger partial charge in [0.2, 0.25) is 0 Å². The van der Waals surface area contributed by atoms with Gasteiger partial charge >= 0.3 is 0 Å². The van der Waals surface area contributed by atoms with Gasteiger partial charge in [0.05, 0.1) is 12.3 Å². The molecule has 1 aromatic rings. The fourth-order valence-corrected chi connectivity index (χ4v) is 1.86. The van der Waals surface area contributed by atoms with Crippen molar-refractivity contribution in [3.63, 3.8) is 0 Å². The fourth-order valence-electron chi connectivity index (χ4n) is 1.86. The third kappa shape index (κ3) is 3.41. The highest BCUT2D eigenvalue weighted by Gasteiger charge is 2.17. The van der Waals surface area contributed by atoms with Gasteiger partial charge in [0.1, 0.15) is 5.82 Å². The Labute approximate surface area is 102 Å². The van der Waals surface area contributed by atoms with Crippen molar-refractivity contribution in [2.24, 2.45) is 5.73 Å². The number of ether oxygens (including phenoxy) is 1. The molecule has 0 fully saturated rings. The molecule has 0 saturated heterocycles. The van der Waals surface area contributed by atoms with Crippen LogP contribution in [-0.2, 0) is 11.3 Å². The molecule has 4 heteroatoms. The van der Waals surface area contributed by atoms with E-state index >= 15 is 0 Å². The average Bonchev–Trinajstić information content (AvgIpc) is 2.30. The Morgan fingerprint density at radius 3 is 2.65 bits per heavy atom. The van der Waals surface area contributed by atoms with Gasteiger partial charge in [0.15, 0.2) is 0 Å². The molecule has 0 aliphatic heterocycles. The van der Waals surface area contributed by atoms with Crippen molar-refractivity contribution in [3.8, 4) is 0 Å². The fraction of sp³-hybridized carbons (Fsp3) is 0.538. The SMILES string of the molecule is COCCN(c1c(F)cccc1CN)C(C)C. The Morgan fingerprint density at radius 1 is 1.41 bits per heavy atom. The molecule has 0 aromatic heterocycles. The molecule has 0 amide bonds.